The molecule has 6 bridgehead atoms. The maximum absolute atomic E-state index is 2.81. The van der Waals surface area contributed by atoms with Gasteiger partial charge in [-0.2, -0.15) is 0 Å². The van der Waals surface area contributed by atoms with E-state index in [9.17, 15) is 0 Å². The van der Waals surface area contributed by atoms with Gasteiger partial charge in [-0.3, -0.25) is 0 Å². The van der Waals surface area contributed by atoms with E-state index in [0.717, 1.165) is 7.85 Å². The van der Waals surface area contributed by atoms with E-state index in [0.29, 0.717) is 0 Å². The molecule has 0 radical (unpaired) electrons. The SMILES string of the molecule is IC1C2C3CC4C5C(I)C(C1C35)C42. The first kappa shape index (κ1) is 7.69. The Kier molecular flexibility index (Phi) is 1.17. The van der Waals surface area contributed by atoms with Gasteiger partial charge in [0, 0.05) is 7.85 Å². The Morgan fingerprint density at radius 1 is 0.615 bits per heavy atom. The zero-order valence-electron chi connectivity index (χ0n) is 7.24. The zero-order chi connectivity index (χ0) is 8.48. The van der Waals surface area contributed by atoms with Crippen molar-refractivity contribution in [3.8, 4) is 0 Å². The molecule has 6 aliphatic carbocycles. The molecule has 10 atom stereocenters. The van der Waals surface area contributed by atoms with Gasteiger partial charge in [0.05, 0.1) is 0 Å². The minimum Gasteiger partial charge on any atom is -0.0820 e. The van der Waals surface area contributed by atoms with Crippen molar-refractivity contribution in [2.75, 3.05) is 0 Å². The molecule has 0 aromatic heterocycles. The molecule has 13 heavy (non-hydrogen) atoms. The first-order chi connectivity index (χ1) is 6.30. The van der Waals surface area contributed by atoms with Crippen LogP contribution in [0.2, 0.25) is 0 Å². The van der Waals surface area contributed by atoms with Gasteiger partial charge in [0.1, 0.15) is 0 Å². The van der Waals surface area contributed by atoms with Crippen molar-refractivity contribution < 1.29 is 0 Å². The Hall–Kier alpha value is 1.46. The summed E-state index contributed by atoms with van der Waals surface area (Å²) < 4.78 is 2.19. The summed E-state index contributed by atoms with van der Waals surface area (Å²) >= 11 is 5.61. The van der Waals surface area contributed by atoms with Crippen LogP contribution in [0.4, 0.5) is 0 Å². The highest BCUT2D eigenvalue weighted by molar-refractivity contribution is 14.1. The molecular formula is C11H12I2. The summed E-state index contributed by atoms with van der Waals surface area (Å²) in [5.41, 5.74) is 0. The Labute approximate surface area is 106 Å². The fraction of sp³-hybridized carbons (Fsp3) is 1.00. The smallest absolute Gasteiger partial charge is 0.0178 e. The van der Waals surface area contributed by atoms with Crippen LogP contribution in [-0.2, 0) is 0 Å². The van der Waals surface area contributed by atoms with Crippen LogP contribution in [0.5, 0.6) is 0 Å². The van der Waals surface area contributed by atoms with Crippen LogP contribution < -0.4 is 0 Å². The average molecular weight is 398 g/mol. The van der Waals surface area contributed by atoms with Gasteiger partial charge in [-0.1, -0.05) is 45.2 Å². The Morgan fingerprint density at radius 3 is 1.54 bits per heavy atom. The first-order valence-corrected chi connectivity index (χ1v) is 8.08. The summed E-state index contributed by atoms with van der Waals surface area (Å²) in [5, 5.41) is 0. The van der Waals surface area contributed by atoms with Crippen LogP contribution in [0.1, 0.15) is 6.42 Å². The summed E-state index contributed by atoms with van der Waals surface area (Å²) in [4.78, 5) is 0. The van der Waals surface area contributed by atoms with E-state index < -0.39 is 0 Å². The Morgan fingerprint density at radius 2 is 1.08 bits per heavy atom. The van der Waals surface area contributed by atoms with E-state index in [2.05, 4.69) is 45.2 Å². The van der Waals surface area contributed by atoms with Crippen LogP contribution in [0.3, 0.4) is 0 Å². The highest BCUT2D eigenvalue weighted by Gasteiger charge is 2.82. The van der Waals surface area contributed by atoms with Crippen molar-refractivity contribution in [1.82, 2.24) is 0 Å². The minimum atomic E-state index is 1.09. The van der Waals surface area contributed by atoms with Crippen molar-refractivity contribution >= 4 is 45.2 Å². The topological polar surface area (TPSA) is 0 Å². The normalized spacial score (nSPS) is 85.4. The van der Waals surface area contributed by atoms with Crippen molar-refractivity contribution in [2.24, 2.45) is 47.3 Å². The summed E-state index contributed by atoms with van der Waals surface area (Å²) in [6.07, 6.45) is 1.65. The van der Waals surface area contributed by atoms with E-state index in [1.807, 2.05) is 0 Å². The van der Waals surface area contributed by atoms with Crippen molar-refractivity contribution in [3.63, 3.8) is 0 Å². The quantitative estimate of drug-likeness (QED) is 0.435. The zero-order valence-corrected chi connectivity index (χ0v) is 11.6. The molecule has 6 saturated carbocycles. The summed E-state index contributed by atoms with van der Waals surface area (Å²) in [6, 6.07) is 0. The van der Waals surface area contributed by atoms with E-state index in [4.69, 9.17) is 0 Å². The van der Waals surface area contributed by atoms with Gasteiger partial charge in [-0.25, -0.2) is 0 Å². The Bertz CT molecular complexity index is 281. The second-order valence-corrected chi connectivity index (χ2v) is 8.79. The second-order valence-electron chi connectivity index (χ2n) is 5.92. The van der Waals surface area contributed by atoms with E-state index in [1.165, 1.54) is 47.3 Å². The van der Waals surface area contributed by atoms with Gasteiger partial charge in [0.2, 0.25) is 0 Å². The van der Waals surface area contributed by atoms with Gasteiger partial charge in [0.25, 0.3) is 0 Å². The molecule has 0 heterocycles. The molecule has 0 amide bonds. The molecule has 0 spiro atoms. The number of hydrogen-bond donors (Lipinski definition) is 0. The van der Waals surface area contributed by atoms with Crippen LogP contribution in [-0.4, -0.2) is 7.85 Å². The number of rotatable bonds is 0. The number of halogens is 2. The van der Waals surface area contributed by atoms with Crippen LogP contribution in [0, 0.1) is 47.3 Å². The summed E-state index contributed by atoms with van der Waals surface area (Å²) in [7, 11) is 0. The van der Waals surface area contributed by atoms with Gasteiger partial charge in [0.15, 0.2) is 0 Å². The fourth-order valence-corrected chi connectivity index (χ4v) is 10.4. The molecule has 6 aliphatic rings. The molecular weight excluding hydrogens is 386 g/mol. The summed E-state index contributed by atoms with van der Waals surface area (Å²) in [5.74, 6) is 9.62. The van der Waals surface area contributed by atoms with Crippen LogP contribution >= 0.6 is 45.2 Å². The average Bonchev–Trinajstić information content (AvgIpc) is 2.78. The lowest BCUT2D eigenvalue weighted by Crippen LogP contribution is -2.30. The third kappa shape index (κ3) is 0.535. The predicted molar refractivity (Wildman–Crippen MR) is 68.2 cm³/mol. The highest BCUT2D eigenvalue weighted by atomic mass is 127. The fourth-order valence-electron chi connectivity index (χ4n) is 6.45. The molecule has 6 rings (SSSR count). The third-order valence-corrected chi connectivity index (χ3v) is 9.54. The predicted octanol–water partition coefficient (Wildman–Crippen LogP) is 2.98. The monoisotopic (exact) mass is 398 g/mol. The van der Waals surface area contributed by atoms with Crippen LogP contribution in [0.15, 0.2) is 0 Å². The maximum Gasteiger partial charge on any atom is 0.0178 e. The maximum atomic E-state index is 2.81. The lowest BCUT2D eigenvalue weighted by Gasteiger charge is -2.33. The molecule has 0 aliphatic heterocycles. The third-order valence-electron chi connectivity index (χ3n) is 6.21. The molecule has 0 aromatic carbocycles. The van der Waals surface area contributed by atoms with Crippen molar-refractivity contribution in [1.29, 1.82) is 0 Å². The highest BCUT2D eigenvalue weighted by Crippen LogP contribution is 2.84. The molecule has 0 aromatic rings. The molecule has 10 unspecified atom stereocenters. The molecule has 0 N–H and O–H groups in total. The lowest BCUT2D eigenvalue weighted by atomic mass is 9.71. The second kappa shape index (κ2) is 1.98. The van der Waals surface area contributed by atoms with Crippen LogP contribution in [0.25, 0.3) is 0 Å². The minimum absolute atomic E-state index is 1.09. The molecule has 0 saturated heterocycles. The van der Waals surface area contributed by atoms with E-state index in [-0.39, 0.29) is 0 Å². The van der Waals surface area contributed by atoms with E-state index in [1.54, 1.807) is 6.42 Å². The molecule has 6 fully saturated rings. The Balaban J connectivity index is 1.86. The molecule has 2 heteroatoms. The lowest BCUT2D eigenvalue weighted by molar-refractivity contribution is 0.132. The summed E-state index contributed by atoms with van der Waals surface area (Å²) in [6.45, 7) is 0. The van der Waals surface area contributed by atoms with Gasteiger partial charge >= 0.3 is 0 Å². The van der Waals surface area contributed by atoms with Crippen molar-refractivity contribution in [3.05, 3.63) is 0 Å². The number of hydrogen-bond acceptors (Lipinski definition) is 0. The number of alkyl halides is 2. The first-order valence-electron chi connectivity index (χ1n) is 5.59. The molecule has 0 nitrogen and oxygen atoms in total. The standard InChI is InChI=1S/C11H12I2/c12-10-6-2-1-3-5(6)9-8(10)4(2)7(3)11(9)13/h2-11H,1H2. The van der Waals surface area contributed by atoms with Gasteiger partial charge in [-0.15, -0.1) is 0 Å². The van der Waals surface area contributed by atoms with Gasteiger partial charge < -0.3 is 0 Å². The largest absolute Gasteiger partial charge is 0.0820 e. The van der Waals surface area contributed by atoms with Crippen molar-refractivity contribution in [2.45, 2.75) is 14.3 Å². The van der Waals surface area contributed by atoms with E-state index >= 15 is 0 Å². The van der Waals surface area contributed by atoms with Gasteiger partial charge in [-0.05, 0) is 53.8 Å². The molecule has 70 valence electrons.